The third kappa shape index (κ3) is 2.37. The van der Waals surface area contributed by atoms with Gasteiger partial charge in [0.15, 0.2) is 0 Å². The maximum Gasteiger partial charge on any atom is 0.244 e. The topological polar surface area (TPSA) is 92.7 Å². The molecule has 3 heterocycles. The van der Waals surface area contributed by atoms with Crippen molar-refractivity contribution < 1.29 is 4.74 Å². The van der Waals surface area contributed by atoms with Crippen LogP contribution in [0.2, 0.25) is 0 Å². The molecule has 2 aromatic carbocycles. The maximum absolute atomic E-state index is 9.84. The van der Waals surface area contributed by atoms with E-state index < -0.39 is 0 Å². The molecule has 2 aromatic heterocycles. The monoisotopic (exact) mass is 383 g/mol. The van der Waals surface area contributed by atoms with Crippen LogP contribution >= 0.6 is 0 Å². The van der Waals surface area contributed by atoms with E-state index in [9.17, 15) is 5.26 Å². The predicted molar refractivity (Wildman–Crippen MR) is 112 cm³/mol. The van der Waals surface area contributed by atoms with Gasteiger partial charge in [-0.05, 0) is 37.1 Å². The lowest BCUT2D eigenvalue weighted by molar-refractivity contribution is 0.378. The number of benzene rings is 2. The van der Waals surface area contributed by atoms with Gasteiger partial charge in [0.1, 0.15) is 11.6 Å². The molecule has 1 aliphatic heterocycles. The minimum atomic E-state index is -0.300. The molecule has 0 bridgehead atoms. The lowest BCUT2D eigenvalue weighted by Crippen LogP contribution is -2.21. The maximum atomic E-state index is 9.84. The number of rotatable bonds is 3. The average Bonchev–Trinajstić information content (AvgIpc) is 3.30. The van der Waals surface area contributed by atoms with Gasteiger partial charge in [-0.15, -0.1) is 5.10 Å². The van der Waals surface area contributed by atoms with Gasteiger partial charge in [-0.3, -0.25) is 5.10 Å². The second kappa shape index (κ2) is 6.42. The van der Waals surface area contributed by atoms with Gasteiger partial charge in [0, 0.05) is 39.6 Å². The van der Waals surface area contributed by atoms with E-state index in [4.69, 9.17) is 10.5 Å². The van der Waals surface area contributed by atoms with Gasteiger partial charge in [-0.2, -0.15) is 5.26 Å². The van der Waals surface area contributed by atoms with Gasteiger partial charge in [0.25, 0.3) is 0 Å². The number of H-pyrrole nitrogens is 1. The van der Waals surface area contributed by atoms with Crippen molar-refractivity contribution in [2.45, 2.75) is 32.7 Å². The van der Waals surface area contributed by atoms with Crippen LogP contribution in [0.5, 0.6) is 5.88 Å². The van der Waals surface area contributed by atoms with E-state index in [-0.39, 0.29) is 11.8 Å². The zero-order chi connectivity index (χ0) is 20.1. The molecule has 0 fully saturated rings. The van der Waals surface area contributed by atoms with Gasteiger partial charge >= 0.3 is 0 Å². The third-order valence-electron chi connectivity index (χ3n) is 5.82. The Labute approximate surface area is 168 Å². The SMILES string of the molecule is CCc1[nH]nc2c1[C@@H](c1ccc3c(c1)c1ccccc1n3CC)C(C#N)=C(N)O2. The molecule has 1 atom stereocenters. The van der Waals surface area contributed by atoms with Crippen molar-refractivity contribution in [3.05, 3.63) is 70.7 Å². The van der Waals surface area contributed by atoms with Crippen LogP contribution in [0, 0.1) is 11.3 Å². The van der Waals surface area contributed by atoms with Crippen molar-refractivity contribution in [1.82, 2.24) is 14.8 Å². The van der Waals surface area contributed by atoms with Crippen molar-refractivity contribution in [2.75, 3.05) is 0 Å². The molecule has 0 amide bonds. The molecule has 1 aliphatic rings. The molecule has 29 heavy (non-hydrogen) atoms. The fraction of sp³-hybridized carbons (Fsp3) is 0.217. The number of nitriles is 1. The highest BCUT2D eigenvalue weighted by Gasteiger charge is 2.35. The number of fused-ring (bicyclic) bond motifs is 4. The minimum absolute atomic E-state index is 0.121. The molecule has 0 spiro atoms. The van der Waals surface area contributed by atoms with E-state index in [0.29, 0.717) is 11.5 Å². The molecule has 0 unspecified atom stereocenters. The summed E-state index contributed by atoms with van der Waals surface area (Å²) < 4.78 is 7.95. The summed E-state index contributed by atoms with van der Waals surface area (Å²) in [5.74, 6) is 0.278. The fourth-order valence-corrected chi connectivity index (χ4v) is 4.50. The van der Waals surface area contributed by atoms with Crippen molar-refractivity contribution in [1.29, 1.82) is 5.26 Å². The summed E-state index contributed by atoms with van der Waals surface area (Å²) in [4.78, 5) is 0. The summed E-state index contributed by atoms with van der Waals surface area (Å²) in [5.41, 5.74) is 11.8. The van der Waals surface area contributed by atoms with Crippen molar-refractivity contribution >= 4 is 21.8 Å². The Hall–Kier alpha value is -3.72. The lowest BCUT2D eigenvalue weighted by Gasteiger charge is -2.24. The van der Waals surface area contributed by atoms with Gasteiger partial charge < -0.3 is 15.0 Å². The Morgan fingerprint density at radius 3 is 2.72 bits per heavy atom. The van der Waals surface area contributed by atoms with E-state index >= 15 is 0 Å². The fourth-order valence-electron chi connectivity index (χ4n) is 4.50. The number of nitrogens with two attached hydrogens (primary N) is 1. The van der Waals surface area contributed by atoms with Crippen molar-refractivity contribution in [2.24, 2.45) is 5.73 Å². The first-order chi connectivity index (χ1) is 14.2. The Bertz CT molecular complexity index is 1330. The number of para-hydroxylation sites is 1. The van der Waals surface area contributed by atoms with E-state index in [0.717, 1.165) is 29.8 Å². The molecule has 6 heteroatoms. The average molecular weight is 383 g/mol. The summed E-state index contributed by atoms with van der Waals surface area (Å²) in [6.07, 6.45) is 0.762. The van der Waals surface area contributed by atoms with E-state index in [1.165, 1.54) is 21.8 Å². The van der Waals surface area contributed by atoms with Gasteiger partial charge in [-0.25, -0.2) is 0 Å². The Kier molecular flexibility index (Phi) is 3.85. The largest absolute Gasteiger partial charge is 0.420 e. The minimum Gasteiger partial charge on any atom is -0.420 e. The highest BCUT2D eigenvalue weighted by Crippen LogP contribution is 2.44. The number of hydrogen-bond acceptors (Lipinski definition) is 4. The number of nitrogens with one attached hydrogen (secondary N) is 1. The number of ether oxygens (including phenoxy) is 1. The van der Waals surface area contributed by atoms with E-state index in [2.05, 4.69) is 77.1 Å². The lowest BCUT2D eigenvalue weighted by atomic mass is 9.83. The number of nitrogens with zero attached hydrogens (tertiary/aromatic N) is 3. The van der Waals surface area contributed by atoms with Gasteiger partial charge in [0.2, 0.25) is 11.8 Å². The second-order valence-electron chi connectivity index (χ2n) is 7.24. The Morgan fingerprint density at radius 1 is 1.17 bits per heavy atom. The molecule has 4 aromatic rings. The molecule has 0 aliphatic carbocycles. The van der Waals surface area contributed by atoms with Crippen LogP contribution in [0.4, 0.5) is 0 Å². The predicted octanol–water partition coefficient (Wildman–Crippen LogP) is 4.32. The Morgan fingerprint density at radius 2 is 1.97 bits per heavy atom. The van der Waals surface area contributed by atoms with Gasteiger partial charge in [-0.1, -0.05) is 31.2 Å². The van der Waals surface area contributed by atoms with Crippen molar-refractivity contribution in [3.8, 4) is 11.9 Å². The zero-order valence-corrected chi connectivity index (χ0v) is 16.4. The van der Waals surface area contributed by atoms with Crippen LogP contribution < -0.4 is 10.5 Å². The summed E-state index contributed by atoms with van der Waals surface area (Å²) in [6, 6.07) is 17.1. The highest BCUT2D eigenvalue weighted by molar-refractivity contribution is 6.08. The first kappa shape index (κ1) is 17.4. The van der Waals surface area contributed by atoms with E-state index in [1.54, 1.807) is 0 Å². The Balaban J connectivity index is 1.80. The highest BCUT2D eigenvalue weighted by atomic mass is 16.5. The van der Waals surface area contributed by atoms with Crippen LogP contribution in [0.25, 0.3) is 21.8 Å². The number of aromatic amines is 1. The first-order valence-electron chi connectivity index (χ1n) is 9.83. The van der Waals surface area contributed by atoms with Crippen LogP contribution in [-0.4, -0.2) is 14.8 Å². The van der Waals surface area contributed by atoms with Crippen LogP contribution in [0.1, 0.15) is 36.6 Å². The molecular weight excluding hydrogens is 362 g/mol. The standard InChI is InChI=1S/C23H21N5O/c1-3-17-21-20(16(12-24)22(25)29-23(21)27-26-17)13-9-10-19-15(11-13)14-7-5-6-8-18(14)28(19)4-2/h5-11,20H,3-4,25H2,1-2H3,(H,26,27)/t20-/m0/s1. The molecular formula is C23H21N5O. The smallest absolute Gasteiger partial charge is 0.244 e. The summed E-state index contributed by atoms with van der Waals surface area (Å²) in [7, 11) is 0. The molecule has 144 valence electrons. The van der Waals surface area contributed by atoms with Crippen molar-refractivity contribution in [3.63, 3.8) is 0 Å². The third-order valence-corrected chi connectivity index (χ3v) is 5.82. The van der Waals surface area contributed by atoms with Crippen LogP contribution in [-0.2, 0) is 13.0 Å². The summed E-state index contributed by atoms with van der Waals surface area (Å²) >= 11 is 0. The number of aromatic nitrogens is 3. The van der Waals surface area contributed by atoms with Crippen LogP contribution in [0.15, 0.2) is 53.9 Å². The summed E-state index contributed by atoms with van der Waals surface area (Å²) in [5, 5.41) is 19.5. The molecule has 5 rings (SSSR count). The molecule has 3 N–H and O–H groups in total. The zero-order valence-electron chi connectivity index (χ0n) is 16.4. The number of allylic oxidation sites excluding steroid dienone is 1. The van der Waals surface area contributed by atoms with E-state index in [1.807, 2.05) is 0 Å². The first-order valence-corrected chi connectivity index (χ1v) is 9.83. The normalized spacial score (nSPS) is 16.1. The molecule has 6 nitrogen and oxygen atoms in total. The van der Waals surface area contributed by atoms with Crippen LogP contribution in [0.3, 0.4) is 0 Å². The number of hydrogen-bond donors (Lipinski definition) is 2. The molecule has 0 saturated carbocycles. The molecule has 0 radical (unpaired) electrons. The molecule has 0 saturated heterocycles. The number of aryl methyl sites for hydroxylation is 2. The van der Waals surface area contributed by atoms with Gasteiger partial charge in [0.05, 0.1) is 5.92 Å². The quantitative estimate of drug-likeness (QED) is 0.551. The summed E-state index contributed by atoms with van der Waals surface area (Å²) in [6.45, 7) is 5.10. The second-order valence-corrected chi connectivity index (χ2v) is 7.24.